The van der Waals surface area contributed by atoms with Crippen LogP contribution in [0.15, 0.2) is 133 Å². The van der Waals surface area contributed by atoms with Crippen molar-refractivity contribution in [3.8, 4) is 11.5 Å². The Bertz CT molecular complexity index is 2500. The molecule has 0 atom stereocenters. The minimum Gasteiger partial charge on any atom is -0.508 e. The number of alkyl halides is 6. The topological polar surface area (TPSA) is 40.5 Å². The molecule has 2 nitrogen and oxygen atoms in total. The summed E-state index contributed by atoms with van der Waals surface area (Å²) >= 11 is 0. The van der Waals surface area contributed by atoms with Gasteiger partial charge in [-0.15, -0.1) is 79.5 Å². The van der Waals surface area contributed by atoms with E-state index in [4.69, 9.17) is 10.2 Å². The smallest absolute Gasteiger partial charge is 0.508 e. The molecule has 2 N–H and O–H groups in total. The second-order valence-electron chi connectivity index (χ2n) is 20.6. The molecule has 0 saturated heterocycles. The summed E-state index contributed by atoms with van der Waals surface area (Å²) in [7, 11) is 0. The average Bonchev–Trinajstić information content (AvgIpc) is 3.74. The van der Waals surface area contributed by atoms with Crippen molar-refractivity contribution in [1.82, 2.24) is 0 Å². The van der Waals surface area contributed by atoms with Gasteiger partial charge in [0, 0.05) is 0 Å². The second-order valence-corrected chi connectivity index (χ2v) is 20.6. The van der Waals surface area contributed by atoms with Gasteiger partial charge in [0.2, 0.25) is 0 Å². The van der Waals surface area contributed by atoms with Crippen molar-refractivity contribution in [2.45, 2.75) is 117 Å². The number of hydrogen-bond donors (Lipinski definition) is 2. The van der Waals surface area contributed by atoms with Gasteiger partial charge < -0.3 is 10.2 Å². The molecule has 8 aromatic rings. The van der Waals surface area contributed by atoms with Crippen LogP contribution < -0.4 is 0 Å². The Labute approximate surface area is 399 Å². The molecule has 8 aromatic carbocycles. The zero-order valence-corrected chi connectivity index (χ0v) is 41.8. The Hall–Kier alpha value is -4.88. The molecule has 0 radical (unpaired) electrons. The molecule has 8 rings (SSSR count). The summed E-state index contributed by atoms with van der Waals surface area (Å²) in [5, 5.41) is 28.3. The number of hydrogen-bond acceptors (Lipinski definition) is 2. The number of aromatic hydroxyl groups is 2. The third kappa shape index (κ3) is 13.6. The van der Waals surface area contributed by atoms with E-state index >= 15 is 0 Å². The first-order chi connectivity index (χ1) is 29.3. The number of halogens is 6. The number of phenols is 2. The molecular formula is C56H60F6O2Zr. The third-order valence-corrected chi connectivity index (χ3v) is 11.3. The van der Waals surface area contributed by atoms with E-state index in [0.717, 1.165) is 48.5 Å². The van der Waals surface area contributed by atoms with Gasteiger partial charge >= 0.3 is 38.6 Å². The average molecular weight is 970 g/mol. The van der Waals surface area contributed by atoms with Gasteiger partial charge in [-0.2, -0.15) is 26.3 Å². The van der Waals surface area contributed by atoms with Gasteiger partial charge in [-0.05, 0) is 70.2 Å². The molecular weight excluding hydrogens is 910 g/mol. The number of phenolic OH excluding ortho intramolecular Hbond substituents is 2. The van der Waals surface area contributed by atoms with Crippen LogP contribution in [0.1, 0.15) is 116 Å². The summed E-state index contributed by atoms with van der Waals surface area (Å²) in [5.74, 6) is -0.337. The first-order valence-corrected chi connectivity index (χ1v) is 21.3. The summed E-state index contributed by atoms with van der Waals surface area (Å²) in [5.41, 5.74) is 4.92. The Kier molecular flexibility index (Phi) is 15.8. The van der Waals surface area contributed by atoms with Crippen molar-refractivity contribution in [2.24, 2.45) is 0 Å². The molecule has 0 spiro atoms. The minimum absolute atomic E-state index is 0. The molecule has 0 fully saturated rings. The maximum Gasteiger partial charge on any atom is 2.00 e. The molecule has 0 aromatic heterocycles. The van der Waals surface area contributed by atoms with E-state index in [1.54, 1.807) is 0 Å². The number of fused-ring (bicyclic) bond motifs is 6. The van der Waals surface area contributed by atoms with Crippen LogP contribution in [0.5, 0.6) is 11.5 Å². The predicted octanol–water partition coefficient (Wildman–Crippen LogP) is 17.4. The Morgan fingerprint density at radius 3 is 0.662 bits per heavy atom. The summed E-state index contributed by atoms with van der Waals surface area (Å²) in [6.45, 7) is 27.3. The fourth-order valence-electron chi connectivity index (χ4n) is 7.21. The van der Waals surface area contributed by atoms with E-state index in [-0.39, 0.29) is 59.4 Å². The van der Waals surface area contributed by atoms with Gasteiger partial charge in [-0.25, -0.2) is 0 Å². The van der Waals surface area contributed by atoms with Crippen LogP contribution in [0.25, 0.3) is 43.1 Å². The molecule has 0 saturated carbocycles. The summed E-state index contributed by atoms with van der Waals surface area (Å²) in [6.07, 6.45) is -8.65. The van der Waals surface area contributed by atoms with Gasteiger partial charge in [0.1, 0.15) is 11.5 Å². The van der Waals surface area contributed by atoms with E-state index in [9.17, 15) is 26.3 Å². The van der Waals surface area contributed by atoms with Crippen molar-refractivity contribution >= 4 is 43.1 Å². The van der Waals surface area contributed by atoms with Crippen LogP contribution in [-0.4, -0.2) is 10.2 Å². The Morgan fingerprint density at radius 1 is 0.308 bits per heavy atom. The molecule has 0 aliphatic rings. The molecule has 0 aliphatic carbocycles. The van der Waals surface area contributed by atoms with Gasteiger partial charge in [0.15, 0.2) is 0 Å². The van der Waals surface area contributed by atoms with E-state index in [1.165, 1.54) is 65.3 Å². The van der Waals surface area contributed by atoms with Crippen LogP contribution in [0.2, 0.25) is 0 Å². The van der Waals surface area contributed by atoms with Crippen molar-refractivity contribution in [1.29, 1.82) is 0 Å². The third-order valence-electron chi connectivity index (χ3n) is 11.3. The second kappa shape index (κ2) is 19.5. The van der Waals surface area contributed by atoms with Crippen LogP contribution in [0.4, 0.5) is 26.3 Å². The van der Waals surface area contributed by atoms with Crippen molar-refractivity contribution in [3.63, 3.8) is 0 Å². The van der Waals surface area contributed by atoms with E-state index in [0.29, 0.717) is 0 Å². The SMILES string of the molecule is CC(C)(C)c1ccc2c(c1)[cH-]c1cc(C(C)(C)C)ccc12.CC(C)(C)c1ccc2c(c1)[cH-]c1cc(C(C)(C)C)ccc12.Oc1ccc(C(F)(F)F)cc1.Oc1ccc(C(F)(F)F)cc1.[Zr+2]. The molecule has 0 aliphatic heterocycles. The summed E-state index contributed by atoms with van der Waals surface area (Å²) in [6, 6.07) is 39.7. The largest absolute Gasteiger partial charge is 2.00 e. The quantitative estimate of drug-likeness (QED) is 0.117. The molecule has 9 heteroatoms. The Morgan fingerprint density at radius 2 is 0.492 bits per heavy atom. The predicted molar refractivity (Wildman–Crippen MR) is 255 cm³/mol. The maximum absolute atomic E-state index is 11.8. The van der Waals surface area contributed by atoms with Crippen molar-refractivity contribution in [2.75, 3.05) is 0 Å². The van der Waals surface area contributed by atoms with Gasteiger partial charge in [0.25, 0.3) is 0 Å². The maximum atomic E-state index is 11.8. The zero-order chi connectivity index (χ0) is 47.8. The van der Waals surface area contributed by atoms with Gasteiger partial charge in [0.05, 0.1) is 11.1 Å². The first kappa shape index (κ1) is 52.7. The fraction of sp³-hybridized carbons (Fsp3) is 0.321. The summed E-state index contributed by atoms with van der Waals surface area (Å²) in [4.78, 5) is 0. The Balaban J connectivity index is 0.000000198. The van der Waals surface area contributed by atoms with Crippen molar-refractivity contribution in [3.05, 3.63) is 167 Å². The van der Waals surface area contributed by atoms with Crippen LogP contribution >= 0.6 is 0 Å². The number of rotatable bonds is 0. The summed E-state index contributed by atoms with van der Waals surface area (Å²) < 4.78 is 71.0. The molecule has 65 heavy (non-hydrogen) atoms. The first-order valence-electron chi connectivity index (χ1n) is 21.3. The van der Waals surface area contributed by atoms with Gasteiger partial charge in [-0.3, -0.25) is 0 Å². The number of benzene rings is 6. The fourth-order valence-corrected chi connectivity index (χ4v) is 7.21. The molecule has 0 heterocycles. The van der Waals surface area contributed by atoms with E-state index in [1.807, 2.05) is 0 Å². The van der Waals surface area contributed by atoms with Crippen molar-refractivity contribution < 1.29 is 62.8 Å². The van der Waals surface area contributed by atoms with Crippen LogP contribution in [-0.2, 0) is 60.2 Å². The molecule has 0 amide bonds. The van der Waals surface area contributed by atoms with Crippen LogP contribution in [0, 0.1) is 0 Å². The molecule has 0 unspecified atom stereocenters. The minimum atomic E-state index is -4.33. The molecule has 0 bridgehead atoms. The molecule has 342 valence electrons. The zero-order valence-electron chi connectivity index (χ0n) is 39.4. The standard InChI is InChI=1S/2C21H25.2C7H5F3O.Zr/c2*1-20(2,3)16-7-9-18-14(12-16)11-15-13-17(21(4,5)6)8-10-19(15)18;2*8-7(9,10)5-1-3-6(11)4-2-5;/h2*7-13H,1-6H3;2*1-4,11H;/q2*-1;;;+2. The monoisotopic (exact) mass is 968 g/mol. The van der Waals surface area contributed by atoms with E-state index in [2.05, 4.69) is 168 Å². The van der Waals surface area contributed by atoms with E-state index < -0.39 is 23.5 Å². The van der Waals surface area contributed by atoms with Gasteiger partial charge in [-0.1, -0.05) is 154 Å². The van der Waals surface area contributed by atoms with Crippen LogP contribution in [0.3, 0.4) is 0 Å². The normalized spacial score (nSPS) is 12.5.